The summed E-state index contributed by atoms with van der Waals surface area (Å²) in [7, 11) is -3.49. The number of nitrogens with one attached hydrogen (secondary N) is 1. The number of benzene rings is 2. The van der Waals surface area contributed by atoms with Gasteiger partial charge in [-0.1, -0.05) is 24.3 Å². The normalized spacial score (nSPS) is 11.6. The van der Waals surface area contributed by atoms with Crippen molar-refractivity contribution in [2.24, 2.45) is 0 Å². The Hall–Kier alpha value is -3.40. The van der Waals surface area contributed by atoms with Gasteiger partial charge in [-0.15, -0.1) is 10.2 Å². The lowest BCUT2D eigenvalue weighted by Gasteiger charge is -2.12. The standard InChI is InChI=1S/C16H13N7O2S/c1-26(24,25)14-7-3-6-13(15(14)16-19-21-22-20-16)11-4-2-5-12(10-11)23-17-8-9-18-23/h2-10H,1H3,(H,19,20,21,22). The van der Waals surface area contributed by atoms with Crippen LogP contribution in [-0.4, -0.2) is 50.3 Å². The van der Waals surface area contributed by atoms with Crippen molar-refractivity contribution in [3.63, 3.8) is 0 Å². The first-order valence-electron chi connectivity index (χ1n) is 7.58. The van der Waals surface area contributed by atoms with Crippen LogP contribution in [0.4, 0.5) is 0 Å². The average Bonchev–Trinajstić information content (AvgIpc) is 3.34. The minimum atomic E-state index is -3.49. The molecule has 130 valence electrons. The summed E-state index contributed by atoms with van der Waals surface area (Å²) in [4.78, 5) is 1.62. The molecule has 1 N–H and O–H groups in total. The van der Waals surface area contributed by atoms with E-state index < -0.39 is 9.84 Å². The largest absolute Gasteiger partial charge is 0.224 e. The average molecular weight is 367 g/mol. The molecule has 0 aliphatic heterocycles. The zero-order valence-electron chi connectivity index (χ0n) is 13.6. The smallest absolute Gasteiger partial charge is 0.206 e. The van der Waals surface area contributed by atoms with Gasteiger partial charge in [-0.25, -0.2) is 8.42 Å². The highest BCUT2D eigenvalue weighted by Crippen LogP contribution is 2.35. The van der Waals surface area contributed by atoms with Crippen LogP contribution in [0.25, 0.3) is 28.2 Å². The van der Waals surface area contributed by atoms with Crippen LogP contribution < -0.4 is 0 Å². The molecule has 0 unspecified atom stereocenters. The fourth-order valence-corrected chi connectivity index (χ4v) is 3.62. The quantitative estimate of drug-likeness (QED) is 0.580. The van der Waals surface area contributed by atoms with Crippen LogP contribution in [0.3, 0.4) is 0 Å². The second-order valence-corrected chi connectivity index (χ2v) is 7.54. The molecule has 4 rings (SSSR count). The van der Waals surface area contributed by atoms with Crippen molar-refractivity contribution in [1.29, 1.82) is 0 Å². The zero-order chi connectivity index (χ0) is 18.1. The molecule has 26 heavy (non-hydrogen) atoms. The molecule has 0 bridgehead atoms. The Morgan fingerprint density at radius 2 is 1.81 bits per heavy atom. The van der Waals surface area contributed by atoms with Crippen molar-refractivity contribution in [1.82, 2.24) is 35.6 Å². The van der Waals surface area contributed by atoms with Crippen LogP contribution >= 0.6 is 0 Å². The summed E-state index contributed by atoms with van der Waals surface area (Å²) in [5.41, 5.74) is 2.60. The number of tetrazole rings is 1. The van der Waals surface area contributed by atoms with Crippen LogP contribution in [0, 0.1) is 0 Å². The van der Waals surface area contributed by atoms with Crippen molar-refractivity contribution >= 4 is 9.84 Å². The number of hydrogen-bond acceptors (Lipinski definition) is 7. The summed E-state index contributed by atoms with van der Waals surface area (Å²) >= 11 is 0. The maximum Gasteiger partial charge on any atom is 0.206 e. The van der Waals surface area contributed by atoms with Gasteiger partial charge in [0.15, 0.2) is 9.84 Å². The lowest BCUT2D eigenvalue weighted by atomic mass is 9.99. The molecule has 0 spiro atoms. The number of nitrogens with zero attached hydrogens (tertiary/aromatic N) is 6. The number of hydrogen-bond donors (Lipinski definition) is 1. The van der Waals surface area contributed by atoms with Gasteiger partial charge in [0.25, 0.3) is 0 Å². The van der Waals surface area contributed by atoms with E-state index in [4.69, 9.17) is 0 Å². The first-order valence-corrected chi connectivity index (χ1v) is 9.47. The third-order valence-corrected chi connectivity index (χ3v) is 4.94. The van der Waals surface area contributed by atoms with Crippen molar-refractivity contribution < 1.29 is 8.42 Å². The third-order valence-electron chi connectivity index (χ3n) is 3.80. The van der Waals surface area contributed by atoms with Gasteiger partial charge in [-0.3, -0.25) is 0 Å². The Kier molecular flexibility index (Phi) is 3.81. The SMILES string of the molecule is CS(=O)(=O)c1cccc(-c2cccc(-n3nccn3)c2)c1-c1nn[nH]n1. The van der Waals surface area contributed by atoms with E-state index in [1.165, 1.54) is 10.9 Å². The summed E-state index contributed by atoms with van der Waals surface area (Å²) in [6.07, 6.45) is 4.32. The molecule has 0 fully saturated rings. The molecule has 0 saturated heterocycles. The van der Waals surface area contributed by atoms with Gasteiger partial charge in [-0.05, 0) is 34.5 Å². The minimum Gasteiger partial charge on any atom is -0.224 e. The van der Waals surface area contributed by atoms with Crippen molar-refractivity contribution in [2.45, 2.75) is 4.90 Å². The molecule has 2 heterocycles. The maximum atomic E-state index is 12.3. The molecule has 9 nitrogen and oxygen atoms in total. The van der Waals surface area contributed by atoms with E-state index in [1.54, 1.807) is 18.5 Å². The summed E-state index contributed by atoms with van der Waals surface area (Å²) in [5.74, 6) is 0.212. The molecule has 0 aliphatic rings. The highest BCUT2D eigenvalue weighted by atomic mass is 32.2. The fraction of sp³-hybridized carbons (Fsp3) is 0.0625. The van der Waals surface area contributed by atoms with E-state index >= 15 is 0 Å². The predicted molar refractivity (Wildman–Crippen MR) is 93.1 cm³/mol. The molecule has 0 saturated carbocycles. The van der Waals surface area contributed by atoms with Gasteiger partial charge in [0.05, 0.1) is 23.0 Å². The first kappa shape index (κ1) is 16.1. The number of sulfone groups is 1. The van der Waals surface area contributed by atoms with Gasteiger partial charge in [0.1, 0.15) is 0 Å². The molecular weight excluding hydrogens is 354 g/mol. The molecular formula is C16H13N7O2S. The molecule has 4 aromatic rings. The molecule has 0 aliphatic carbocycles. The van der Waals surface area contributed by atoms with Gasteiger partial charge in [0, 0.05) is 11.8 Å². The topological polar surface area (TPSA) is 119 Å². The van der Waals surface area contributed by atoms with Gasteiger partial charge in [0.2, 0.25) is 5.82 Å². The van der Waals surface area contributed by atoms with Crippen molar-refractivity contribution in [3.8, 4) is 28.2 Å². The molecule has 0 atom stereocenters. The molecule has 0 amide bonds. The fourth-order valence-electron chi connectivity index (χ4n) is 2.73. The van der Waals surface area contributed by atoms with Crippen LogP contribution in [0.15, 0.2) is 59.8 Å². The zero-order valence-corrected chi connectivity index (χ0v) is 14.4. The van der Waals surface area contributed by atoms with Crippen LogP contribution in [-0.2, 0) is 9.84 Å². The number of aromatic nitrogens is 7. The highest BCUT2D eigenvalue weighted by molar-refractivity contribution is 7.90. The summed E-state index contributed by atoms with van der Waals surface area (Å²) < 4.78 is 24.6. The minimum absolute atomic E-state index is 0.138. The van der Waals surface area contributed by atoms with E-state index in [9.17, 15) is 8.42 Å². The van der Waals surface area contributed by atoms with Crippen LogP contribution in [0.5, 0.6) is 0 Å². The Morgan fingerprint density at radius 3 is 2.50 bits per heavy atom. The van der Waals surface area contributed by atoms with E-state index in [-0.39, 0.29) is 10.7 Å². The summed E-state index contributed by atoms with van der Waals surface area (Å²) in [6, 6.07) is 12.5. The second kappa shape index (κ2) is 6.15. The lowest BCUT2D eigenvalue weighted by Crippen LogP contribution is -2.03. The van der Waals surface area contributed by atoms with Gasteiger partial charge < -0.3 is 0 Å². The van der Waals surface area contributed by atoms with E-state index in [2.05, 4.69) is 30.8 Å². The highest BCUT2D eigenvalue weighted by Gasteiger charge is 2.22. The van der Waals surface area contributed by atoms with Crippen LogP contribution in [0.1, 0.15) is 0 Å². The Labute approximate surface area is 148 Å². The first-order chi connectivity index (χ1) is 12.5. The maximum absolute atomic E-state index is 12.3. The monoisotopic (exact) mass is 367 g/mol. The Balaban J connectivity index is 1.97. The second-order valence-electron chi connectivity index (χ2n) is 5.56. The Bertz CT molecular complexity index is 1150. The molecule has 2 aromatic heterocycles. The lowest BCUT2D eigenvalue weighted by molar-refractivity contribution is 0.602. The Morgan fingerprint density at radius 1 is 1.04 bits per heavy atom. The van der Waals surface area contributed by atoms with Crippen molar-refractivity contribution in [3.05, 3.63) is 54.9 Å². The van der Waals surface area contributed by atoms with E-state index in [0.717, 1.165) is 17.5 Å². The third kappa shape index (κ3) is 2.86. The van der Waals surface area contributed by atoms with Gasteiger partial charge >= 0.3 is 0 Å². The van der Waals surface area contributed by atoms with E-state index in [1.807, 2.05) is 30.3 Å². The summed E-state index contributed by atoms with van der Waals surface area (Å²) in [5, 5.41) is 22.1. The number of aromatic amines is 1. The molecule has 2 aromatic carbocycles. The number of H-pyrrole nitrogens is 1. The van der Waals surface area contributed by atoms with Crippen LogP contribution in [0.2, 0.25) is 0 Å². The summed E-state index contributed by atoms with van der Waals surface area (Å²) in [6.45, 7) is 0. The molecule has 10 heteroatoms. The van der Waals surface area contributed by atoms with Crippen molar-refractivity contribution in [2.75, 3.05) is 6.26 Å². The van der Waals surface area contributed by atoms with Gasteiger partial charge in [-0.2, -0.15) is 20.2 Å². The van der Waals surface area contributed by atoms with E-state index in [0.29, 0.717) is 11.1 Å². The molecule has 0 radical (unpaired) electrons. The number of rotatable bonds is 4. The predicted octanol–water partition coefficient (Wildman–Crippen LogP) is 1.52.